The number of anilines is 2. The van der Waals surface area contributed by atoms with Crippen molar-refractivity contribution in [3.63, 3.8) is 0 Å². The van der Waals surface area contributed by atoms with Crippen molar-refractivity contribution in [2.45, 2.75) is 19.4 Å². The van der Waals surface area contributed by atoms with Gasteiger partial charge in [0.05, 0.1) is 19.8 Å². The van der Waals surface area contributed by atoms with Crippen LogP contribution in [0.25, 0.3) is 0 Å². The van der Waals surface area contributed by atoms with E-state index < -0.39 is 0 Å². The van der Waals surface area contributed by atoms with Gasteiger partial charge in [-0.05, 0) is 35.2 Å². The Morgan fingerprint density at radius 3 is 2.67 bits per heavy atom. The largest absolute Gasteiger partial charge is 0.493 e. The number of aromatic nitrogens is 2. The summed E-state index contributed by atoms with van der Waals surface area (Å²) in [6.07, 6.45) is 6.38. The molecule has 170 valence electrons. The van der Waals surface area contributed by atoms with Crippen LogP contribution < -0.4 is 20.9 Å². The standard InChI is InChI=1S/C25H27N5O3/c1-32-22-13-16(11-19-14-28-25(27)29-24(19)26)12-20(23(22)33-2)21(31)8-10-30-9-7-17-5-3-4-6-18(17)15-30/h3-6,8,10,12-14H,7,9,11,15H2,1-2H3,(H4,26,27,28,29). The Morgan fingerprint density at radius 1 is 1.15 bits per heavy atom. The Labute approximate surface area is 192 Å². The van der Waals surface area contributed by atoms with Crippen LogP contribution >= 0.6 is 0 Å². The van der Waals surface area contributed by atoms with Gasteiger partial charge in [-0.25, -0.2) is 4.98 Å². The molecule has 2 heterocycles. The number of fused-ring (bicyclic) bond motifs is 1. The highest BCUT2D eigenvalue weighted by molar-refractivity contribution is 6.07. The number of ketones is 1. The fourth-order valence-corrected chi connectivity index (χ4v) is 4.00. The maximum Gasteiger partial charge on any atom is 0.221 e. The highest BCUT2D eigenvalue weighted by Gasteiger charge is 2.19. The van der Waals surface area contributed by atoms with Crippen molar-refractivity contribution < 1.29 is 14.3 Å². The SMILES string of the molecule is COc1cc(Cc2cnc(N)nc2N)cc(C(=O)C=CN2CCc3ccccc3C2)c1OC. The number of nitrogens with two attached hydrogens (primary N) is 2. The van der Waals surface area contributed by atoms with Crippen molar-refractivity contribution >= 4 is 17.5 Å². The molecule has 0 atom stereocenters. The van der Waals surface area contributed by atoms with Crippen LogP contribution in [0.3, 0.4) is 0 Å². The van der Waals surface area contributed by atoms with Gasteiger partial charge < -0.3 is 25.8 Å². The van der Waals surface area contributed by atoms with E-state index >= 15 is 0 Å². The monoisotopic (exact) mass is 445 g/mol. The molecule has 4 N–H and O–H groups in total. The lowest BCUT2D eigenvalue weighted by Gasteiger charge is -2.27. The number of nitrogen functional groups attached to an aromatic ring is 2. The van der Waals surface area contributed by atoms with Crippen LogP contribution in [0.2, 0.25) is 0 Å². The van der Waals surface area contributed by atoms with Gasteiger partial charge in [0, 0.05) is 43.5 Å². The van der Waals surface area contributed by atoms with Crippen LogP contribution in [-0.2, 0) is 19.4 Å². The molecule has 0 bridgehead atoms. The molecule has 0 spiro atoms. The van der Waals surface area contributed by atoms with Gasteiger partial charge in [0.15, 0.2) is 17.3 Å². The second-order valence-corrected chi connectivity index (χ2v) is 7.86. The number of benzene rings is 2. The third kappa shape index (κ3) is 4.90. The highest BCUT2D eigenvalue weighted by atomic mass is 16.5. The van der Waals surface area contributed by atoms with Gasteiger partial charge in [0.1, 0.15) is 5.82 Å². The van der Waals surface area contributed by atoms with Gasteiger partial charge >= 0.3 is 0 Å². The van der Waals surface area contributed by atoms with Crippen LogP contribution in [-0.4, -0.2) is 41.4 Å². The zero-order valence-corrected chi connectivity index (χ0v) is 18.7. The van der Waals surface area contributed by atoms with E-state index in [1.807, 2.05) is 18.3 Å². The van der Waals surface area contributed by atoms with Crippen molar-refractivity contribution in [3.05, 3.63) is 82.7 Å². The molecule has 8 nitrogen and oxygen atoms in total. The van der Waals surface area contributed by atoms with Gasteiger partial charge in [0.25, 0.3) is 0 Å². The first-order valence-electron chi connectivity index (χ1n) is 10.6. The van der Waals surface area contributed by atoms with Crippen LogP contribution in [0.5, 0.6) is 11.5 Å². The van der Waals surface area contributed by atoms with Gasteiger partial charge in [-0.1, -0.05) is 24.3 Å². The Kier molecular flexibility index (Phi) is 6.44. The average Bonchev–Trinajstić information content (AvgIpc) is 2.83. The maximum absolute atomic E-state index is 13.2. The fourth-order valence-electron chi connectivity index (χ4n) is 4.00. The number of carbonyl (C=O) groups is 1. The molecule has 4 rings (SSSR count). The molecule has 0 fully saturated rings. The summed E-state index contributed by atoms with van der Waals surface area (Å²) in [5, 5.41) is 0. The molecule has 0 unspecified atom stereocenters. The molecular weight excluding hydrogens is 418 g/mol. The summed E-state index contributed by atoms with van der Waals surface area (Å²) in [4.78, 5) is 23.3. The third-order valence-electron chi connectivity index (χ3n) is 5.71. The average molecular weight is 446 g/mol. The minimum Gasteiger partial charge on any atom is -0.493 e. The Morgan fingerprint density at radius 2 is 1.94 bits per heavy atom. The van der Waals surface area contributed by atoms with E-state index in [4.69, 9.17) is 20.9 Å². The zero-order valence-electron chi connectivity index (χ0n) is 18.7. The molecule has 8 heteroatoms. The number of ether oxygens (including phenoxy) is 2. The maximum atomic E-state index is 13.2. The van der Waals surface area contributed by atoms with E-state index in [0.717, 1.165) is 25.1 Å². The minimum absolute atomic E-state index is 0.116. The molecule has 0 radical (unpaired) electrons. The van der Waals surface area contributed by atoms with Crippen LogP contribution in [0.1, 0.15) is 32.6 Å². The number of methoxy groups -OCH3 is 2. The van der Waals surface area contributed by atoms with Crippen molar-refractivity contribution in [3.8, 4) is 11.5 Å². The van der Waals surface area contributed by atoms with E-state index in [9.17, 15) is 4.79 Å². The van der Waals surface area contributed by atoms with Gasteiger partial charge in [-0.3, -0.25) is 4.79 Å². The lowest BCUT2D eigenvalue weighted by molar-refractivity contribution is 0.104. The van der Waals surface area contributed by atoms with Crippen molar-refractivity contribution in [2.75, 3.05) is 32.2 Å². The smallest absolute Gasteiger partial charge is 0.221 e. The molecular formula is C25H27N5O3. The Hall–Kier alpha value is -4.07. The van der Waals surface area contributed by atoms with E-state index in [1.165, 1.54) is 25.3 Å². The molecule has 1 aromatic heterocycles. The zero-order chi connectivity index (χ0) is 23.4. The summed E-state index contributed by atoms with van der Waals surface area (Å²) in [5.41, 5.74) is 16.2. The van der Waals surface area contributed by atoms with Crippen molar-refractivity contribution in [1.29, 1.82) is 0 Å². The fraction of sp³-hybridized carbons (Fsp3) is 0.240. The summed E-state index contributed by atoms with van der Waals surface area (Å²) >= 11 is 0. The first kappa shape index (κ1) is 22.1. The summed E-state index contributed by atoms with van der Waals surface area (Å²) < 4.78 is 11.0. The Bertz CT molecular complexity index is 1210. The summed E-state index contributed by atoms with van der Waals surface area (Å²) in [6.45, 7) is 1.63. The lowest BCUT2D eigenvalue weighted by Crippen LogP contribution is -2.25. The van der Waals surface area contributed by atoms with Gasteiger partial charge in [0.2, 0.25) is 5.95 Å². The second-order valence-electron chi connectivity index (χ2n) is 7.86. The van der Waals surface area contributed by atoms with E-state index in [1.54, 1.807) is 18.3 Å². The number of rotatable bonds is 7. The quantitative estimate of drug-likeness (QED) is 0.421. The number of allylic oxidation sites excluding steroid dienone is 1. The molecule has 3 aromatic rings. The van der Waals surface area contributed by atoms with E-state index in [2.05, 4.69) is 33.1 Å². The summed E-state index contributed by atoms with van der Waals surface area (Å²) in [7, 11) is 3.06. The molecule has 33 heavy (non-hydrogen) atoms. The third-order valence-corrected chi connectivity index (χ3v) is 5.71. The molecule has 1 aliphatic heterocycles. The molecule has 2 aromatic carbocycles. The predicted octanol–water partition coefficient (Wildman–Crippen LogP) is 3.00. The number of nitrogens with zero attached hydrogens (tertiary/aromatic N) is 3. The molecule has 1 aliphatic rings. The highest BCUT2D eigenvalue weighted by Crippen LogP contribution is 2.34. The summed E-state index contributed by atoms with van der Waals surface area (Å²) in [5.74, 6) is 1.10. The normalized spacial score (nSPS) is 13.1. The van der Waals surface area contributed by atoms with E-state index in [-0.39, 0.29) is 11.7 Å². The number of hydrogen-bond donors (Lipinski definition) is 2. The molecule has 0 saturated heterocycles. The van der Waals surface area contributed by atoms with Gasteiger partial charge in [-0.15, -0.1) is 0 Å². The van der Waals surface area contributed by atoms with E-state index in [0.29, 0.717) is 34.9 Å². The second kappa shape index (κ2) is 9.60. The minimum atomic E-state index is -0.174. The molecule has 0 aliphatic carbocycles. The van der Waals surface area contributed by atoms with Crippen molar-refractivity contribution in [1.82, 2.24) is 14.9 Å². The first-order chi connectivity index (χ1) is 16.0. The van der Waals surface area contributed by atoms with Crippen LogP contribution in [0, 0.1) is 0 Å². The number of carbonyl (C=O) groups excluding carboxylic acids is 1. The van der Waals surface area contributed by atoms with Gasteiger partial charge in [-0.2, -0.15) is 4.98 Å². The first-order valence-corrected chi connectivity index (χ1v) is 10.6. The molecule has 0 amide bonds. The van der Waals surface area contributed by atoms with Crippen molar-refractivity contribution in [2.24, 2.45) is 0 Å². The Balaban J connectivity index is 1.59. The topological polar surface area (TPSA) is 117 Å². The summed E-state index contributed by atoms with van der Waals surface area (Å²) in [6, 6.07) is 12.0. The molecule has 0 saturated carbocycles. The predicted molar refractivity (Wildman–Crippen MR) is 127 cm³/mol. The lowest BCUT2D eigenvalue weighted by atomic mass is 9.99. The van der Waals surface area contributed by atoms with Crippen LogP contribution in [0.4, 0.5) is 11.8 Å². The van der Waals surface area contributed by atoms with Crippen LogP contribution in [0.15, 0.2) is 54.9 Å². The number of hydrogen-bond acceptors (Lipinski definition) is 8.